The fourth-order valence-electron chi connectivity index (χ4n) is 4.60. The lowest BCUT2D eigenvalue weighted by molar-refractivity contribution is -0.125. The molecule has 2 aromatic heterocycles. The van der Waals surface area contributed by atoms with Gasteiger partial charge in [-0.1, -0.05) is 12.1 Å². The highest BCUT2D eigenvalue weighted by atomic mass is 19.1. The number of fused-ring (bicyclic) bond motifs is 3. The average Bonchev–Trinajstić information content (AvgIpc) is 3.16. The average molecular weight is 530 g/mol. The molecule has 3 aromatic carbocycles. The molecule has 0 aliphatic heterocycles. The molecule has 196 valence electrons. The predicted molar refractivity (Wildman–Crippen MR) is 139 cm³/mol. The summed E-state index contributed by atoms with van der Waals surface area (Å²) in [4.78, 5) is 30.2. The number of primary amides is 1. The highest BCUT2D eigenvalue weighted by molar-refractivity contribution is 6.04. The van der Waals surface area contributed by atoms with E-state index in [1.165, 1.54) is 65.9 Å². The van der Waals surface area contributed by atoms with E-state index in [2.05, 4.69) is 4.98 Å². The van der Waals surface area contributed by atoms with Crippen molar-refractivity contribution in [2.24, 2.45) is 12.8 Å². The van der Waals surface area contributed by atoms with Gasteiger partial charge in [-0.2, -0.15) is 5.26 Å². The van der Waals surface area contributed by atoms with E-state index in [0.29, 0.717) is 33.1 Å². The number of amides is 1. The molecule has 0 aliphatic carbocycles. The molecule has 2 N–H and O–H groups in total. The smallest absolute Gasteiger partial charge is 0.333 e. The molecular weight excluding hydrogens is 508 g/mol. The van der Waals surface area contributed by atoms with Crippen molar-refractivity contribution in [2.45, 2.75) is 13.0 Å². The van der Waals surface area contributed by atoms with Crippen LogP contribution in [0.1, 0.15) is 22.8 Å². The van der Waals surface area contributed by atoms with E-state index in [4.69, 9.17) is 15.2 Å². The van der Waals surface area contributed by atoms with Gasteiger partial charge in [0.05, 0.1) is 47.2 Å². The Balaban J connectivity index is 1.79. The summed E-state index contributed by atoms with van der Waals surface area (Å²) in [6.45, 7) is 1.60. The van der Waals surface area contributed by atoms with Crippen molar-refractivity contribution >= 4 is 27.8 Å². The van der Waals surface area contributed by atoms with Crippen LogP contribution < -0.4 is 20.9 Å². The van der Waals surface area contributed by atoms with Crippen LogP contribution in [0.3, 0.4) is 0 Å². The minimum absolute atomic E-state index is 0.0169. The second-order valence-electron chi connectivity index (χ2n) is 8.88. The van der Waals surface area contributed by atoms with Crippen molar-refractivity contribution < 1.29 is 23.0 Å². The molecule has 5 rings (SSSR count). The van der Waals surface area contributed by atoms with E-state index in [-0.39, 0.29) is 22.7 Å². The zero-order valence-corrected chi connectivity index (χ0v) is 21.0. The van der Waals surface area contributed by atoms with Crippen LogP contribution in [-0.4, -0.2) is 27.1 Å². The number of pyridine rings is 1. The van der Waals surface area contributed by atoms with Crippen LogP contribution in [0.2, 0.25) is 0 Å². The first-order chi connectivity index (χ1) is 18.6. The van der Waals surface area contributed by atoms with E-state index < -0.39 is 29.3 Å². The van der Waals surface area contributed by atoms with Crippen LogP contribution in [0.4, 0.5) is 8.78 Å². The largest absolute Gasteiger partial charge is 0.493 e. The molecule has 0 saturated carbocycles. The fraction of sp³-hybridized carbons (Fsp3) is 0.143. The highest BCUT2D eigenvalue weighted by Gasteiger charge is 2.25. The summed E-state index contributed by atoms with van der Waals surface area (Å²) in [7, 11) is 2.93. The van der Waals surface area contributed by atoms with E-state index in [1.54, 1.807) is 13.0 Å². The molecule has 0 aliphatic rings. The molecule has 1 amide bonds. The van der Waals surface area contributed by atoms with Gasteiger partial charge in [0.15, 0.2) is 11.5 Å². The summed E-state index contributed by atoms with van der Waals surface area (Å²) < 4.78 is 42.8. The second-order valence-corrected chi connectivity index (χ2v) is 8.88. The number of halogens is 2. The summed E-state index contributed by atoms with van der Waals surface area (Å²) in [5.41, 5.74) is 6.98. The number of benzene rings is 3. The number of nitrogens with zero attached hydrogens (tertiary/aromatic N) is 4. The van der Waals surface area contributed by atoms with Gasteiger partial charge in [0.25, 0.3) is 5.91 Å². The van der Waals surface area contributed by atoms with Crippen LogP contribution in [0, 0.1) is 29.9 Å². The summed E-state index contributed by atoms with van der Waals surface area (Å²) >= 11 is 0. The molecule has 5 aromatic rings. The van der Waals surface area contributed by atoms with E-state index in [9.17, 15) is 19.2 Å². The number of aromatic nitrogens is 3. The maximum absolute atomic E-state index is 15.3. The van der Waals surface area contributed by atoms with Crippen LogP contribution >= 0.6 is 0 Å². The second kappa shape index (κ2) is 9.57. The fourth-order valence-corrected chi connectivity index (χ4v) is 4.60. The normalized spacial score (nSPS) is 11.9. The van der Waals surface area contributed by atoms with Gasteiger partial charge in [-0.3, -0.25) is 18.9 Å². The molecule has 0 saturated heterocycles. The lowest BCUT2D eigenvalue weighted by Crippen LogP contribution is -2.26. The Morgan fingerprint density at radius 3 is 2.46 bits per heavy atom. The molecule has 0 radical (unpaired) electrons. The van der Waals surface area contributed by atoms with Crippen LogP contribution in [0.5, 0.6) is 11.5 Å². The minimum Gasteiger partial charge on any atom is -0.493 e. The number of carbonyl (C=O) groups excluding carboxylic acids is 1. The summed E-state index contributed by atoms with van der Waals surface area (Å²) in [6, 6.07) is 12.6. The SMILES string of the molecule is COc1cc2ncc3c(c2cc1OC(C(N)=O)c1ccc(F)cc1)n(-c1c(C)cc(C#N)cc1F)c(=O)n3C. The van der Waals surface area contributed by atoms with E-state index in [0.717, 1.165) is 6.07 Å². The van der Waals surface area contributed by atoms with E-state index >= 15 is 4.39 Å². The van der Waals surface area contributed by atoms with Crippen molar-refractivity contribution in [3.8, 4) is 23.3 Å². The first-order valence-corrected chi connectivity index (χ1v) is 11.6. The first kappa shape index (κ1) is 25.4. The van der Waals surface area contributed by atoms with Crippen molar-refractivity contribution in [3.05, 3.63) is 93.5 Å². The molecular formula is C28H21F2N5O4. The number of hydrogen-bond acceptors (Lipinski definition) is 6. The van der Waals surface area contributed by atoms with Gasteiger partial charge >= 0.3 is 5.69 Å². The van der Waals surface area contributed by atoms with Gasteiger partial charge in [0.1, 0.15) is 11.6 Å². The Labute approximate surface area is 220 Å². The standard InChI is InChI=1S/C28H21F2N5O4/c1-14-8-15(12-31)9-19(30)24(14)35-25-18-10-23(39-26(27(32)36)16-4-6-17(29)7-5-16)22(38-3)11-20(18)33-13-21(25)34(2)28(35)37/h4-11,13,26H,1-3H3,(H2,32,36). The van der Waals surface area contributed by atoms with Gasteiger partial charge in [-0.15, -0.1) is 0 Å². The zero-order valence-electron chi connectivity index (χ0n) is 21.0. The predicted octanol–water partition coefficient (Wildman–Crippen LogP) is 3.95. The number of methoxy groups -OCH3 is 1. The molecule has 9 nitrogen and oxygen atoms in total. The number of imidazole rings is 1. The van der Waals surface area contributed by atoms with Gasteiger partial charge < -0.3 is 15.2 Å². The first-order valence-electron chi connectivity index (χ1n) is 11.6. The van der Waals surface area contributed by atoms with Crippen molar-refractivity contribution in [1.29, 1.82) is 5.26 Å². The quantitative estimate of drug-likeness (QED) is 0.355. The lowest BCUT2D eigenvalue weighted by atomic mass is 10.1. The van der Waals surface area contributed by atoms with Crippen LogP contribution in [0.15, 0.2) is 59.5 Å². The summed E-state index contributed by atoms with van der Waals surface area (Å²) in [5.74, 6) is -1.76. The minimum atomic E-state index is -1.29. The van der Waals surface area contributed by atoms with Gasteiger partial charge in [0.2, 0.25) is 6.10 Å². The number of carbonyl (C=O) groups is 1. The Bertz CT molecular complexity index is 1860. The van der Waals surface area contributed by atoms with Gasteiger partial charge in [0, 0.05) is 24.1 Å². The molecule has 0 spiro atoms. The third kappa shape index (κ3) is 4.21. The number of aryl methyl sites for hydroxylation is 2. The van der Waals surface area contributed by atoms with E-state index in [1.807, 2.05) is 6.07 Å². The van der Waals surface area contributed by atoms with Gasteiger partial charge in [-0.25, -0.2) is 13.6 Å². The third-order valence-corrected chi connectivity index (χ3v) is 6.45. The number of ether oxygens (including phenoxy) is 2. The topological polar surface area (TPSA) is 125 Å². The molecule has 0 fully saturated rings. The zero-order chi connectivity index (χ0) is 28.0. The Kier molecular flexibility index (Phi) is 6.24. The van der Waals surface area contributed by atoms with Crippen LogP contribution in [0.25, 0.3) is 27.6 Å². The van der Waals surface area contributed by atoms with Crippen molar-refractivity contribution in [3.63, 3.8) is 0 Å². The number of rotatable bonds is 6. The molecule has 0 bridgehead atoms. The Morgan fingerprint density at radius 1 is 1.13 bits per heavy atom. The summed E-state index contributed by atoms with van der Waals surface area (Å²) in [5, 5.41) is 9.63. The Hall–Kier alpha value is -5.24. The molecule has 39 heavy (non-hydrogen) atoms. The monoisotopic (exact) mass is 529 g/mol. The Morgan fingerprint density at radius 2 is 1.85 bits per heavy atom. The van der Waals surface area contributed by atoms with Crippen LogP contribution in [-0.2, 0) is 11.8 Å². The third-order valence-electron chi connectivity index (χ3n) is 6.45. The number of hydrogen-bond donors (Lipinski definition) is 1. The lowest BCUT2D eigenvalue weighted by Gasteiger charge is -2.19. The molecule has 11 heteroatoms. The maximum atomic E-state index is 15.3. The maximum Gasteiger partial charge on any atom is 0.333 e. The molecule has 1 unspecified atom stereocenters. The summed E-state index contributed by atoms with van der Waals surface area (Å²) in [6.07, 6.45) is 0.192. The molecule has 2 heterocycles. The number of nitrogens with two attached hydrogens (primary N) is 1. The number of nitriles is 1. The highest BCUT2D eigenvalue weighted by Crippen LogP contribution is 2.38. The van der Waals surface area contributed by atoms with Crippen molar-refractivity contribution in [2.75, 3.05) is 7.11 Å². The van der Waals surface area contributed by atoms with Crippen molar-refractivity contribution in [1.82, 2.24) is 14.1 Å². The molecule has 1 atom stereocenters. The van der Waals surface area contributed by atoms with Gasteiger partial charge in [-0.05, 0) is 42.8 Å².